The molecule has 2 nitrogen and oxygen atoms in total. The van der Waals surface area contributed by atoms with Crippen molar-refractivity contribution in [2.45, 2.75) is 26.7 Å². The number of hydrogen-bond acceptors (Lipinski definition) is 2. The van der Waals surface area contributed by atoms with Crippen molar-refractivity contribution < 1.29 is 4.74 Å². The third kappa shape index (κ3) is 2.44. The topological polar surface area (TPSA) is 12.5 Å². The molecule has 1 heterocycles. The lowest BCUT2D eigenvalue weighted by Gasteiger charge is -2.33. The first-order valence-corrected chi connectivity index (χ1v) is 8.41. The van der Waals surface area contributed by atoms with E-state index >= 15 is 0 Å². The highest BCUT2D eigenvalue weighted by molar-refractivity contribution is 5.86. The van der Waals surface area contributed by atoms with Gasteiger partial charge in [-0.15, -0.1) is 0 Å². The molecule has 0 aromatic heterocycles. The van der Waals surface area contributed by atoms with E-state index in [0.29, 0.717) is 5.92 Å². The van der Waals surface area contributed by atoms with E-state index in [0.717, 1.165) is 28.6 Å². The molecule has 24 heavy (non-hydrogen) atoms. The molecular weight excluding hydrogens is 294 g/mol. The molecule has 0 saturated heterocycles. The van der Waals surface area contributed by atoms with E-state index < -0.39 is 0 Å². The van der Waals surface area contributed by atoms with Crippen LogP contribution in [0.25, 0.3) is 0 Å². The van der Waals surface area contributed by atoms with Crippen LogP contribution in [0.5, 0.6) is 11.5 Å². The molecule has 3 aromatic carbocycles. The Morgan fingerprint density at radius 3 is 2.17 bits per heavy atom. The van der Waals surface area contributed by atoms with Crippen LogP contribution in [0.1, 0.15) is 30.9 Å². The number of para-hydroxylation sites is 1. The molecule has 1 aliphatic rings. The minimum atomic E-state index is 0.475. The predicted octanol–water partition coefficient (Wildman–Crippen LogP) is 6.69. The van der Waals surface area contributed by atoms with Crippen molar-refractivity contribution in [1.82, 2.24) is 0 Å². The van der Waals surface area contributed by atoms with Crippen LogP contribution in [0, 0.1) is 6.92 Å². The first-order chi connectivity index (χ1) is 11.6. The summed E-state index contributed by atoms with van der Waals surface area (Å²) in [6.45, 7) is 6.51. The molecular formula is C22H21NO. The second kappa shape index (κ2) is 5.72. The summed E-state index contributed by atoms with van der Waals surface area (Å²) >= 11 is 0. The average Bonchev–Trinajstić information content (AvgIpc) is 2.59. The Kier molecular flexibility index (Phi) is 3.53. The molecule has 0 unspecified atom stereocenters. The lowest BCUT2D eigenvalue weighted by molar-refractivity contribution is 0.475. The van der Waals surface area contributed by atoms with E-state index in [-0.39, 0.29) is 0 Å². The van der Waals surface area contributed by atoms with Gasteiger partial charge in [0.15, 0.2) is 11.5 Å². The number of aryl methyl sites for hydroxylation is 1. The standard InChI is InChI=1S/C22H21NO/c1-15(2)17-10-12-20-22(14-17)24-21-13-16(3)9-11-19(21)23(20)18-7-5-4-6-8-18/h4-15H,1-3H3. The zero-order valence-electron chi connectivity index (χ0n) is 14.3. The van der Waals surface area contributed by atoms with Crippen LogP contribution in [-0.2, 0) is 0 Å². The summed E-state index contributed by atoms with van der Waals surface area (Å²) in [4.78, 5) is 2.28. The summed E-state index contributed by atoms with van der Waals surface area (Å²) in [6.07, 6.45) is 0. The van der Waals surface area contributed by atoms with Crippen LogP contribution in [0.15, 0.2) is 66.7 Å². The summed E-state index contributed by atoms with van der Waals surface area (Å²) in [7, 11) is 0. The van der Waals surface area contributed by atoms with Gasteiger partial charge in [-0.05, 0) is 60.4 Å². The molecule has 0 N–H and O–H groups in total. The Morgan fingerprint density at radius 2 is 1.46 bits per heavy atom. The number of benzene rings is 3. The number of fused-ring (bicyclic) bond motifs is 2. The third-order valence-corrected chi connectivity index (χ3v) is 4.48. The van der Waals surface area contributed by atoms with E-state index in [9.17, 15) is 0 Å². The Hall–Kier alpha value is -2.74. The van der Waals surface area contributed by atoms with Crippen LogP contribution >= 0.6 is 0 Å². The zero-order chi connectivity index (χ0) is 16.7. The lowest BCUT2D eigenvalue weighted by atomic mass is 10.0. The number of ether oxygens (including phenoxy) is 1. The van der Waals surface area contributed by atoms with Crippen LogP contribution in [0.2, 0.25) is 0 Å². The summed E-state index contributed by atoms with van der Waals surface area (Å²) < 4.78 is 6.26. The fourth-order valence-corrected chi connectivity index (χ4v) is 3.15. The molecule has 0 saturated carbocycles. The zero-order valence-corrected chi connectivity index (χ0v) is 14.3. The maximum Gasteiger partial charge on any atom is 0.151 e. The minimum absolute atomic E-state index is 0.475. The van der Waals surface area contributed by atoms with E-state index in [2.05, 4.69) is 86.3 Å². The highest BCUT2D eigenvalue weighted by Crippen LogP contribution is 2.51. The van der Waals surface area contributed by atoms with Crippen molar-refractivity contribution in [3.05, 3.63) is 77.9 Å². The molecule has 120 valence electrons. The second-order valence-electron chi connectivity index (χ2n) is 6.63. The summed E-state index contributed by atoms with van der Waals surface area (Å²) in [5, 5.41) is 0. The van der Waals surface area contributed by atoms with Gasteiger partial charge in [0, 0.05) is 5.69 Å². The maximum atomic E-state index is 6.26. The van der Waals surface area contributed by atoms with Gasteiger partial charge in [0.25, 0.3) is 0 Å². The largest absolute Gasteiger partial charge is 0.453 e. The van der Waals surface area contributed by atoms with E-state index in [1.807, 2.05) is 6.07 Å². The molecule has 0 bridgehead atoms. The van der Waals surface area contributed by atoms with Crippen molar-refractivity contribution in [2.75, 3.05) is 4.90 Å². The van der Waals surface area contributed by atoms with Crippen LogP contribution in [0.4, 0.5) is 17.1 Å². The first-order valence-electron chi connectivity index (χ1n) is 8.41. The van der Waals surface area contributed by atoms with Gasteiger partial charge in [0.1, 0.15) is 0 Å². The van der Waals surface area contributed by atoms with Gasteiger partial charge in [-0.1, -0.05) is 44.2 Å². The summed E-state index contributed by atoms with van der Waals surface area (Å²) in [5.41, 5.74) is 5.80. The lowest BCUT2D eigenvalue weighted by Crippen LogP contribution is -2.16. The Morgan fingerprint density at radius 1 is 0.792 bits per heavy atom. The van der Waals surface area contributed by atoms with E-state index in [1.54, 1.807) is 0 Å². The Balaban J connectivity index is 1.93. The fourth-order valence-electron chi connectivity index (χ4n) is 3.15. The average molecular weight is 315 g/mol. The smallest absolute Gasteiger partial charge is 0.151 e. The molecule has 0 amide bonds. The minimum Gasteiger partial charge on any atom is -0.453 e. The second-order valence-corrected chi connectivity index (χ2v) is 6.63. The molecule has 0 radical (unpaired) electrons. The molecule has 0 aliphatic carbocycles. The highest BCUT2D eigenvalue weighted by atomic mass is 16.5. The number of rotatable bonds is 2. The molecule has 0 atom stereocenters. The third-order valence-electron chi connectivity index (χ3n) is 4.48. The summed E-state index contributed by atoms with van der Waals surface area (Å²) in [6, 6.07) is 23.4. The molecule has 1 aliphatic heterocycles. The fraction of sp³-hybridized carbons (Fsp3) is 0.182. The highest BCUT2D eigenvalue weighted by Gasteiger charge is 2.26. The van der Waals surface area contributed by atoms with Crippen molar-refractivity contribution in [3.8, 4) is 11.5 Å². The van der Waals surface area contributed by atoms with Gasteiger partial charge in [-0.25, -0.2) is 0 Å². The van der Waals surface area contributed by atoms with E-state index in [1.165, 1.54) is 11.1 Å². The monoisotopic (exact) mass is 315 g/mol. The van der Waals surface area contributed by atoms with Gasteiger partial charge in [0.2, 0.25) is 0 Å². The normalized spacial score (nSPS) is 12.6. The number of nitrogens with zero attached hydrogens (tertiary/aromatic N) is 1. The van der Waals surface area contributed by atoms with Gasteiger partial charge in [-0.2, -0.15) is 0 Å². The van der Waals surface area contributed by atoms with Gasteiger partial charge < -0.3 is 9.64 Å². The molecule has 4 rings (SSSR count). The van der Waals surface area contributed by atoms with Crippen molar-refractivity contribution in [1.29, 1.82) is 0 Å². The SMILES string of the molecule is Cc1ccc2c(c1)Oc1cc(C(C)C)ccc1N2c1ccccc1. The van der Waals surface area contributed by atoms with Crippen LogP contribution < -0.4 is 9.64 Å². The maximum absolute atomic E-state index is 6.26. The molecule has 3 aromatic rings. The quantitative estimate of drug-likeness (QED) is 0.408. The first kappa shape index (κ1) is 14.8. The van der Waals surface area contributed by atoms with Gasteiger partial charge >= 0.3 is 0 Å². The molecule has 0 fully saturated rings. The number of hydrogen-bond donors (Lipinski definition) is 0. The Bertz CT molecular complexity index is 884. The van der Waals surface area contributed by atoms with Crippen LogP contribution in [0.3, 0.4) is 0 Å². The van der Waals surface area contributed by atoms with Crippen molar-refractivity contribution >= 4 is 17.1 Å². The molecule has 0 spiro atoms. The summed E-state index contributed by atoms with van der Waals surface area (Å²) in [5.74, 6) is 2.30. The Labute approximate surface area is 143 Å². The number of anilines is 3. The van der Waals surface area contributed by atoms with E-state index in [4.69, 9.17) is 4.74 Å². The van der Waals surface area contributed by atoms with Crippen molar-refractivity contribution in [2.24, 2.45) is 0 Å². The molecule has 2 heteroatoms. The van der Waals surface area contributed by atoms with Gasteiger partial charge in [0.05, 0.1) is 11.4 Å². The predicted molar refractivity (Wildman–Crippen MR) is 100 cm³/mol. The van der Waals surface area contributed by atoms with Crippen LogP contribution in [-0.4, -0.2) is 0 Å². The van der Waals surface area contributed by atoms with Crippen molar-refractivity contribution in [3.63, 3.8) is 0 Å². The van der Waals surface area contributed by atoms with Gasteiger partial charge in [-0.3, -0.25) is 0 Å².